The summed E-state index contributed by atoms with van der Waals surface area (Å²) in [4.78, 5) is 23.5. The first-order chi connectivity index (χ1) is 10.5. The Morgan fingerprint density at radius 3 is 2.45 bits per heavy atom. The second kappa shape index (κ2) is 7.61. The van der Waals surface area contributed by atoms with E-state index in [-0.39, 0.29) is 18.9 Å². The molecule has 2 rings (SSSR count). The quantitative estimate of drug-likeness (QED) is 0.681. The van der Waals surface area contributed by atoms with Crippen LogP contribution in [0.25, 0.3) is 0 Å². The maximum Gasteiger partial charge on any atom is 0.330 e. The standard InChI is InChI=1S/C17H16ClNO3/c1-12-4-2-3-5-15(12)22-17(21)11-19-16(20)10-13-6-8-14(18)9-7-13/h2-9H,10-11H2,1H3,(H,19,20). The van der Waals surface area contributed by atoms with Crippen LogP contribution in [0.5, 0.6) is 5.75 Å². The zero-order valence-corrected chi connectivity index (χ0v) is 12.9. The lowest BCUT2D eigenvalue weighted by Crippen LogP contribution is -2.33. The van der Waals surface area contributed by atoms with Crippen LogP contribution in [0.15, 0.2) is 48.5 Å². The van der Waals surface area contributed by atoms with E-state index in [0.29, 0.717) is 10.8 Å². The minimum Gasteiger partial charge on any atom is -0.425 e. The molecule has 0 aliphatic carbocycles. The van der Waals surface area contributed by atoms with Gasteiger partial charge in [0.15, 0.2) is 0 Å². The second-order valence-electron chi connectivity index (χ2n) is 4.82. The van der Waals surface area contributed by atoms with E-state index in [1.807, 2.05) is 19.1 Å². The Kier molecular flexibility index (Phi) is 5.55. The summed E-state index contributed by atoms with van der Waals surface area (Å²) in [5, 5.41) is 3.16. The molecule has 1 amide bonds. The average molecular weight is 318 g/mol. The highest BCUT2D eigenvalue weighted by atomic mass is 35.5. The summed E-state index contributed by atoms with van der Waals surface area (Å²) in [5.74, 6) is -0.248. The van der Waals surface area contributed by atoms with Crippen LogP contribution in [0, 0.1) is 6.92 Å². The maximum absolute atomic E-state index is 11.8. The first kappa shape index (κ1) is 16.0. The number of aryl methyl sites for hydroxylation is 1. The fourth-order valence-electron chi connectivity index (χ4n) is 1.85. The molecule has 0 atom stereocenters. The molecule has 1 N–H and O–H groups in total. The number of carbonyl (C=O) groups is 2. The Morgan fingerprint density at radius 2 is 1.77 bits per heavy atom. The van der Waals surface area contributed by atoms with E-state index in [1.54, 1.807) is 36.4 Å². The van der Waals surface area contributed by atoms with Crippen molar-refractivity contribution in [3.05, 3.63) is 64.7 Å². The third kappa shape index (κ3) is 4.90. The van der Waals surface area contributed by atoms with Gasteiger partial charge in [0.05, 0.1) is 6.42 Å². The van der Waals surface area contributed by atoms with Gasteiger partial charge in [0.1, 0.15) is 12.3 Å². The molecule has 0 saturated carbocycles. The van der Waals surface area contributed by atoms with Crippen molar-refractivity contribution in [2.24, 2.45) is 0 Å². The first-order valence-electron chi connectivity index (χ1n) is 6.82. The molecule has 5 heteroatoms. The van der Waals surface area contributed by atoms with E-state index in [2.05, 4.69) is 5.32 Å². The topological polar surface area (TPSA) is 55.4 Å². The first-order valence-corrected chi connectivity index (χ1v) is 7.20. The number of halogens is 1. The fraction of sp³-hybridized carbons (Fsp3) is 0.176. The van der Waals surface area contributed by atoms with Crippen LogP contribution in [0.4, 0.5) is 0 Å². The molecular formula is C17H16ClNO3. The number of benzene rings is 2. The SMILES string of the molecule is Cc1ccccc1OC(=O)CNC(=O)Cc1ccc(Cl)cc1. The summed E-state index contributed by atoms with van der Waals surface area (Å²) in [5.41, 5.74) is 1.69. The third-order valence-corrected chi connectivity index (χ3v) is 3.28. The number of rotatable bonds is 5. The molecule has 0 aliphatic rings. The van der Waals surface area contributed by atoms with Gasteiger partial charge >= 0.3 is 5.97 Å². The molecule has 0 unspecified atom stereocenters. The smallest absolute Gasteiger partial charge is 0.330 e. The maximum atomic E-state index is 11.8. The Morgan fingerprint density at radius 1 is 1.09 bits per heavy atom. The van der Waals surface area contributed by atoms with Crippen molar-refractivity contribution >= 4 is 23.5 Å². The molecule has 22 heavy (non-hydrogen) atoms. The average Bonchev–Trinajstić information content (AvgIpc) is 2.50. The van der Waals surface area contributed by atoms with E-state index >= 15 is 0 Å². The largest absolute Gasteiger partial charge is 0.425 e. The molecule has 2 aromatic rings. The predicted octanol–water partition coefficient (Wildman–Crippen LogP) is 2.91. The van der Waals surface area contributed by atoms with Gasteiger partial charge in [0, 0.05) is 5.02 Å². The number of para-hydroxylation sites is 1. The predicted molar refractivity (Wildman–Crippen MR) is 85.0 cm³/mol. The lowest BCUT2D eigenvalue weighted by molar-refractivity contribution is -0.135. The molecule has 0 bridgehead atoms. The van der Waals surface area contributed by atoms with Crippen LogP contribution in [0.1, 0.15) is 11.1 Å². The molecule has 0 aliphatic heterocycles. The molecule has 0 fully saturated rings. The minimum absolute atomic E-state index is 0.166. The number of ether oxygens (including phenoxy) is 1. The van der Waals surface area contributed by atoms with Gasteiger partial charge in [-0.2, -0.15) is 0 Å². The third-order valence-electron chi connectivity index (χ3n) is 3.03. The fourth-order valence-corrected chi connectivity index (χ4v) is 1.98. The number of nitrogens with one attached hydrogen (secondary N) is 1. The van der Waals surface area contributed by atoms with Crippen LogP contribution in [0.3, 0.4) is 0 Å². The molecule has 0 saturated heterocycles. The van der Waals surface area contributed by atoms with Crippen molar-refractivity contribution in [2.75, 3.05) is 6.54 Å². The zero-order chi connectivity index (χ0) is 15.9. The van der Waals surface area contributed by atoms with Gasteiger partial charge in [-0.3, -0.25) is 4.79 Å². The molecule has 114 valence electrons. The van der Waals surface area contributed by atoms with Crippen LogP contribution in [-0.2, 0) is 16.0 Å². The molecule has 0 heterocycles. The van der Waals surface area contributed by atoms with Crippen LogP contribution in [0.2, 0.25) is 5.02 Å². The summed E-state index contributed by atoms with van der Waals surface area (Å²) >= 11 is 5.78. The summed E-state index contributed by atoms with van der Waals surface area (Å²) in [6.07, 6.45) is 0.189. The number of hydrogen-bond donors (Lipinski definition) is 1. The summed E-state index contributed by atoms with van der Waals surface area (Å²) < 4.78 is 5.19. The number of esters is 1. The van der Waals surface area contributed by atoms with Crippen molar-refractivity contribution < 1.29 is 14.3 Å². The van der Waals surface area contributed by atoms with Crippen molar-refractivity contribution in [1.29, 1.82) is 0 Å². The van der Waals surface area contributed by atoms with Gasteiger partial charge in [-0.1, -0.05) is 41.9 Å². The highest BCUT2D eigenvalue weighted by molar-refractivity contribution is 6.30. The van der Waals surface area contributed by atoms with Gasteiger partial charge in [0.2, 0.25) is 5.91 Å². The highest BCUT2D eigenvalue weighted by Gasteiger charge is 2.09. The van der Waals surface area contributed by atoms with E-state index in [4.69, 9.17) is 16.3 Å². The summed E-state index contributed by atoms with van der Waals surface area (Å²) in [6.45, 7) is 1.68. The van der Waals surface area contributed by atoms with E-state index in [9.17, 15) is 9.59 Å². The Balaban J connectivity index is 1.79. The minimum atomic E-state index is -0.501. The van der Waals surface area contributed by atoms with Crippen molar-refractivity contribution in [1.82, 2.24) is 5.32 Å². The van der Waals surface area contributed by atoms with Crippen LogP contribution < -0.4 is 10.1 Å². The molecule has 0 aromatic heterocycles. The summed E-state index contributed by atoms with van der Waals surface area (Å²) in [6, 6.07) is 14.2. The van der Waals surface area contributed by atoms with Crippen LogP contribution >= 0.6 is 11.6 Å². The van der Waals surface area contributed by atoms with Crippen molar-refractivity contribution in [2.45, 2.75) is 13.3 Å². The monoisotopic (exact) mass is 317 g/mol. The van der Waals surface area contributed by atoms with Gasteiger partial charge in [-0.05, 0) is 36.2 Å². The lowest BCUT2D eigenvalue weighted by atomic mass is 10.1. The normalized spacial score (nSPS) is 10.1. The molecule has 4 nitrogen and oxygen atoms in total. The Labute approximate surface area is 134 Å². The van der Waals surface area contributed by atoms with Crippen molar-refractivity contribution in [3.63, 3.8) is 0 Å². The number of amides is 1. The zero-order valence-electron chi connectivity index (χ0n) is 12.1. The molecule has 0 spiro atoms. The van der Waals surface area contributed by atoms with E-state index in [0.717, 1.165) is 11.1 Å². The van der Waals surface area contributed by atoms with E-state index < -0.39 is 5.97 Å². The van der Waals surface area contributed by atoms with Gasteiger partial charge in [-0.25, -0.2) is 4.79 Å². The van der Waals surface area contributed by atoms with Gasteiger partial charge in [-0.15, -0.1) is 0 Å². The molecule has 0 radical (unpaired) electrons. The van der Waals surface area contributed by atoms with Gasteiger partial charge < -0.3 is 10.1 Å². The number of carbonyl (C=O) groups excluding carboxylic acids is 2. The molecular weight excluding hydrogens is 302 g/mol. The highest BCUT2D eigenvalue weighted by Crippen LogP contribution is 2.16. The van der Waals surface area contributed by atoms with Crippen LogP contribution in [-0.4, -0.2) is 18.4 Å². The lowest BCUT2D eigenvalue weighted by Gasteiger charge is -2.08. The molecule has 2 aromatic carbocycles. The second-order valence-corrected chi connectivity index (χ2v) is 5.26. The number of hydrogen-bond acceptors (Lipinski definition) is 3. The Bertz CT molecular complexity index is 668. The summed E-state index contributed by atoms with van der Waals surface area (Å²) in [7, 11) is 0. The van der Waals surface area contributed by atoms with Crippen molar-refractivity contribution in [3.8, 4) is 5.75 Å². The Hall–Kier alpha value is -2.33. The van der Waals surface area contributed by atoms with E-state index in [1.165, 1.54) is 0 Å². The van der Waals surface area contributed by atoms with Gasteiger partial charge in [0.25, 0.3) is 0 Å².